The van der Waals surface area contributed by atoms with Crippen LogP contribution in [0.5, 0.6) is 0 Å². The third kappa shape index (κ3) is 2.71. The molecule has 1 aromatic rings. The second-order valence-corrected chi connectivity index (χ2v) is 2.76. The van der Waals surface area contributed by atoms with E-state index in [0.717, 1.165) is 12.3 Å². The van der Waals surface area contributed by atoms with Gasteiger partial charge < -0.3 is 5.11 Å². The third-order valence-corrected chi connectivity index (χ3v) is 1.69. The molecule has 0 aromatic carbocycles. The summed E-state index contributed by atoms with van der Waals surface area (Å²) in [7, 11) is 0. The lowest BCUT2D eigenvalue weighted by atomic mass is 10.1. The van der Waals surface area contributed by atoms with Crippen molar-refractivity contribution in [2.45, 2.75) is 12.8 Å². The lowest BCUT2D eigenvalue weighted by Crippen LogP contribution is -2.05. The summed E-state index contributed by atoms with van der Waals surface area (Å²) in [6.07, 6.45) is -2.34. The molecule has 0 unspecified atom stereocenters. The molecular weight excluding hydrogens is 206 g/mol. The van der Waals surface area contributed by atoms with E-state index in [4.69, 9.17) is 10.4 Å². The molecule has 0 bridgehead atoms. The average Bonchev–Trinajstić information content (AvgIpc) is 2.16. The van der Waals surface area contributed by atoms with Gasteiger partial charge >= 0.3 is 5.97 Å². The van der Waals surface area contributed by atoms with Crippen molar-refractivity contribution in [3.05, 3.63) is 29.1 Å². The van der Waals surface area contributed by atoms with Crippen LogP contribution in [0.1, 0.15) is 23.2 Å². The molecule has 78 valence electrons. The van der Waals surface area contributed by atoms with Gasteiger partial charge in [-0.2, -0.15) is 5.26 Å². The zero-order valence-corrected chi connectivity index (χ0v) is 7.44. The van der Waals surface area contributed by atoms with Crippen molar-refractivity contribution in [2.75, 3.05) is 0 Å². The Morgan fingerprint density at radius 3 is 2.80 bits per heavy atom. The average molecular weight is 212 g/mol. The van der Waals surface area contributed by atoms with E-state index in [2.05, 4.69) is 4.98 Å². The topological polar surface area (TPSA) is 74.0 Å². The van der Waals surface area contributed by atoms with Gasteiger partial charge in [-0.15, -0.1) is 0 Å². The van der Waals surface area contributed by atoms with Gasteiger partial charge in [0.15, 0.2) is 0 Å². The number of alkyl halides is 2. The van der Waals surface area contributed by atoms with E-state index >= 15 is 0 Å². The largest absolute Gasteiger partial charge is 0.481 e. The normalized spacial score (nSPS) is 10.0. The standard InChI is InChI=1S/C9H6F2N2O2/c10-9(11)6-1-5(2-8(14)15)7(3-12)13-4-6/h1,4,9H,2H2,(H,14,15). The summed E-state index contributed by atoms with van der Waals surface area (Å²) in [6, 6.07) is 2.64. The summed E-state index contributed by atoms with van der Waals surface area (Å²) in [4.78, 5) is 13.9. The molecule has 0 amide bonds. The number of nitriles is 1. The first kappa shape index (κ1) is 11.0. The Hall–Kier alpha value is -2.03. The summed E-state index contributed by atoms with van der Waals surface area (Å²) in [5.41, 5.74) is -0.519. The smallest absolute Gasteiger partial charge is 0.307 e. The molecule has 6 heteroatoms. The van der Waals surface area contributed by atoms with Crippen LogP contribution in [0.25, 0.3) is 0 Å². The van der Waals surface area contributed by atoms with Crippen molar-refractivity contribution in [2.24, 2.45) is 0 Å². The minimum atomic E-state index is -2.72. The van der Waals surface area contributed by atoms with Crippen molar-refractivity contribution in [1.82, 2.24) is 4.98 Å². The first-order valence-electron chi connectivity index (χ1n) is 3.93. The van der Waals surface area contributed by atoms with Crippen LogP contribution in [0.2, 0.25) is 0 Å². The number of rotatable bonds is 3. The Labute approximate surface area is 83.8 Å². The maximum absolute atomic E-state index is 12.2. The molecule has 15 heavy (non-hydrogen) atoms. The maximum atomic E-state index is 12.2. The van der Waals surface area contributed by atoms with Gasteiger partial charge in [0.2, 0.25) is 0 Å². The minimum absolute atomic E-state index is 0.00259. The number of carboxylic acid groups (broad SMARTS) is 1. The molecule has 0 aliphatic rings. The molecule has 0 aliphatic heterocycles. The highest BCUT2D eigenvalue weighted by molar-refractivity contribution is 5.71. The third-order valence-electron chi connectivity index (χ3n) is 1.69. The second kappa shape index (κ2) is 4.46. The van der Waals surface area contributed by atoms with Crippen molar-refractivity contribution in [3.63, 3.8) is 0 Å². The lowest BCUT2D eigenvalue weighted by Gasteiger charge is -2.03. The molecule has 0 atom stereocenters. The number of aromatic nitrogens is 1. The molecule has 4 nitrogen and oxygen atoms in total. The highest BCUT2D eigenvalue weighted by Crippen LogP contribution is 2.20. The first-order chi connectivity index (χ1) is 7.04. The van der Waals surface area contributed by atoms with Crippen molar-refractivity contribution >= 4 is 5.97 Å². The van der Waals surface area contributed by atoms with Crippen LogP contribution >= 0.6 is 0 Å². The van der Waals surface area contributed by atoms with Gasteiger partial charge in [-0.3, -0.25) is 4.79 Å². The van der Waals surface area contributed by atoms with Crippen LogP contribution in [0, 0.1) is 11.3 Å². The molecule has 0 radical (unpaired) electrons. The Morgan fingerprint density at radius 1 is 1.67 bits per heavy atom. The number of pyridine rings is 1. The van der Waals surface area contributed by atoms with Gasteiger partial charge in [0, 0.05) is 17.3 Å². The molecule has 1 aromatic heterocycles. The predicted octanol–water partition coefficient (Wildman–Crippen LogP) is 1.52. The fourth-order valence-electron chi connectivity index (χ4n) is 1.05. The number of nitrogens with zero attached hydrogens (tertiary/aromatic N) is 2. The highest BCUT2D eigenvalue weighted by Gasteiger charge is 2.13. The lowest BCUT2D eigenvalue weighted by molar-refractivity contribution is -0.136. The zero-order chi connectivity index (χ0) is 11.4. The predicted molar refractivity (Wildman–Crippen MR) is 45.2 cm³/mol. The number of hydrogen-bond acceptors (Lipinski definition) is 3. The molecule has 0 aliphatic carbocycles. The first-order valence-corrected chi connectivity index (χ1v) is 3.93. The molecule has 1 rings (SSSR count). The van der Waals surface area contributed by atoms with E-state index < -0.39 is 18.8 Å². The Kier molecular flexibility index (Phi) is 3.29. The summed E-state index contributed by atoms with van der Waals surface area (Å²) < 4.78 is 24.5. The molecule has 0 saturated heterocycles. The van der Waals surface area contributed by atoms with E-state index in [1.807, 2.05) is 0 Å². The fourth-order valence-corrected chi connectivity index (χ4v) is 1.05. The monoisotopic (exact) mass is 212 g/mol. The van der Waals surface area contributed by atoms with E-state index in [-0.39, 0.29) is 16.8 Å². The van der Waals surface area contributed by atoms with E-state index in [9.17, 15) is 13.6 Å². The SMILES string of the molecule is N#Cc1ncc(C(F)F)cc1CC(=O)O. The quantitative estimate of drug-likeness (QED) is 0.824. The summed E-state index contributed by atoms with van der Waals surface area (Å²) >= 11 is 0. The molecule has 0 spiro atoms. The van der Waals surface area contributed by atoms with E-state index in [1.54, 1.807) is 6.07 Å². The molecule has 1 heterocycles. The van der Waals surface area contributed by atoms with Crippen molar-refractivity contribution in [3.8, 4) is 6.07 Å². The summed E-state index contributed by atoms with van der Waals surface area (Å²) in [5, 5.41) is 17.1. The van der Waals surface area contributed by atoms with Crippen LogP contribution < -0.4 is 0 Å². The van der Waals surface area contributed by atoms with Gasteiger partial charge in [-0.1, -0.05) is 0 Å². The number of carbonyl (C=O) groups is 1. The van der Waals surface area contributed by atoms with Crippen LogP contribution in [0.3, 0.4) is 0 Å². The van der Waals surface area contributed by atoms with Gasteiger partial charge in [0.1, 0.15) is 11.8 Å². The van der Waals surface area contributed by atoms with Gasteiger partial charge in [-0.05, 0) is 6.07 Å². The van der Waals surface area contributed by atoms with Crippen LogP contribution in [-0.4, -0.2) is 16.1 Å². The van der Waals surface area contributed by atoms with Crippen LogP contribution in [0.15, 0.2) is 12.3 Å². The van der Waals surface area contributed by atoms with Crippen molar-refractivity contribution < 1.29 is 18.7 Å². The Bertz CT molecular complexity index is 427. The minimum Gasteiger partial charge on any atom is -0.481 e. The zero-order valence-electron chi connectivity index (χ0n) is 7.44. The fraction of sp³-hybridized carbons (Fsp3) is 0.222. The van der Waals surface area contributed by atoms with Crippen molar-refractivity contribution in [1.29, 1.82) is 5.26 Å². The molecule has 0 fully saturated rings. The highest BCUT2D eigenvalue weighted by atomic mass is 19.3. The van der Waals surface area contributed by atoms with E-state index in [0.29, 0.717) is 0 Å². The van der Waals surface area contributed by atoms with Crippen LogP contribution in [-0.2, 0) is 11.2 Å². The van der Waals surface area contributed by atoms with Crippen LogP contribution in [0.4, 0.5) is 8.78 Å². The van der Waals surface area contributed by atoms with E-state index in [1.165, 1.54) is 0 Å². The number of hydrogen-bond donors (Lipinski definition) is 1. The Morgan fingerprint density at radius 2 is 2.33 bits per heavy atom. The summed E-state index contributed by atoms with van der Waals surface area (Å²) in [5.74, 6) is -1.19. The maximum Gasteiger partial charge on any atom is 0.307 e. The molecule has 1 N–H and O–H groups in total. The van der Waals surface area contributed by atoms with Gasteiger partial charge in [0.05, 0.1) is 6.42 Å². The number of aliphatic carboxylic acids is 1. The molecular formula is C9H6F2N2O2. The Balaban J connectivity index is 3.14. The second-order valence-electron chi connectivity index (χ2n) is 2.76. The van der Waals surface area contributed by atoms with Gasteiger partial charge in [-0.25, -0.2) is 13.8 Å². The summed E-state index contributed by atoms with van der Waals surface area (Å²) in [6.45, 7) is 0. The molecule has 0 saturated carbocycles. The van der Waals surface area contributed by atoms with Gasteiger partial charge in [0.25, 0.3) is 6.43 Å². The number of carboxylic acids is 1. The number of halogens is 2.